The maximum Gasteiger partial charge on any atom is 0.292 e. The van der Waals surface area contributed by atoms with Gasteiger partial charge in [0.05, 0.1) is 11.0 Å². The highest BCUT2D eigenvalue weighted by Crippen LogP contribution is 2.26. The Hall–Kier alpha value is -2.45. The van der Waals surface area contributed by atoms with E-state index in [2.05, 4.69) is 26.3 Å². The number of aromatic nitrogens is 2. The minimum absolute atomic E-state index is 0.113. The van der Waals surface area contributed by atoms with Crippen molar-refractivity contribution < 1.29 is 13.9 Å². The zero-order chi connectivity index (χ0) is 22.7. The van der Waals surface area contributed by atoms with Crippen molar-refractivity contribution in [2.75, 3.05) is 5.32 Å². The van der Waals surface area contributed by atoms with E-state index >= 15 is 0 Å². The molecule has 4 rings (SSSR count). The topological polar surface area (TPSA) is 69.3 Å². The average Bonchev–Trinajstić information content (AvgIpc) is 3.36. The molecule has 0 unspecified atom stereocenters. The largest absolute Gasteiger partial charge is 0.484 e. The molecule has 0 fully saturated rings. The molecule has 1 amide bonds. The summed E-state index contributed by atoms with van der Waals surface area (Å²) in [6, 6.07) is 15.9. The number of ether oxygens (including phenoxy) is 1. The van der Waals surface area contributed by atoms with Gasteiger partial charge in [0.25, 0.3) is 5.91 Å². The van der Waals surface area contributed by atoms with Gasteiger partial charge in [0, 0.05) is 16.2 Å². The minimum atomic E-state index is -0.478. The normalized spacial score (nSPS) is 10.9. The van der Waals surface area contributed by atoms with Crippen molar-refractivity contribution >= 4 is 62.5 Å². The van der Waals surface area contributed by atoms with Crippen LogP contribution >= 0.6 is 50.7 Å². The quantitative estimate of drug-likeness (QED) is 0.265. The van der Waals surface area contributed by atoms with Crippen LogP contribution in [0.2, 0.25) is 15.1 Å². The average molecular weight is 556 g/mol. The summed E-state index contributed by atoms with van der Waals surface area (Å²) < 4.78 is 13.7. The number of furan rings is 1. The van der Waals surface area contributed by atoms with Crippen LogP contribution in [-0.4, -0.2) is 15.7 Å². The Labute approximate surface area is 207 Å². The lowest BCUT2D eigenvalue weighted by Gasteiger charge is -2.06. The number of nitrogens with one attached hydrogen (secondary N) is 1. The van der Waals surface area contributed by atoms with Gasteiger partial charge >= 0.3 is 0 Å². The second kappa shape index (κ2) is 10.0. The minimum Gasteiger partial charge on any atom is -0.484 e. The molecule has 10 heteroatoms. The van der Waals surface area contributed by atoms with Crippen LogP contribution < -0.4 is 10.1 Å². The molecule has 4 aromatic rings. The Balaban J connectivity index is 1.39. The Morgan fingerprint density at radius 1 is 1.09 bits per heavy atom. The van der Waals surface area contributed by atoms with Crippen LogP contribution in [0.4, 0.5) is 5.82 Å². The molecule has 32 heavy (non-hydrogen) atoms. The number of amides is 1. The van der Waals surface area contributed by atoms with E-state index in [1.54, 1.807) is 41.2 Å². The number of rotatable bonds is 7. The molecule has 2 aromatic carbocycles. The first-order valence-electron chi connectivity index (χ1n) is 9.33. The molecular weight excluding hydrogens is 541 g/mol. The monoisotopic (exact) mass is 553 g/mol. The lowest BCUT2D eigenvalue weighted by Crippen LogP contribution is -2.12. The molecule has 0 saturated heterocycles. The number of para-hydroxylation sites is 1. The van der Waals surface area contributed by atoms with Crippen molar-refractivity contribution in [3.05, 3.63) is 97.4 Å². The zero-order valence-corrected chi connectivity index (χ0v) is 20.2. The molecule has 1 N–H and O–H groups in total. The van der Waals surface area contributed by atoms with E-state index in [-0.39, 0.29) is 23.2 Å². The molecule has 2 heterocycles. The van der Waals surface area contributed by atoms with Gasteiger partial charge in [0.15, 0.2) is 11.6 Å². The lowest BCUT2D eigenvalue weighted by atomic mass is 10.2. The third-order valence-corrected chi connectivity index (χ3v) is 5.91. The summed E-state index contributed by atoms with van der Waals surface area (Å²) in [6.07, 6.45) is 1.60. The number of anilines is 1. The maximum absolute atomic E-state index is 12.6. The third kappa shape index (κ3) is 5.48. The Kier molecular flexibility index (Phi) is 7.10. The number of halogens is 4. The van der Waals surface area contributed by atoms with Crippen LogP contribution in [0.3, 0.4) is 0 Å². The first kappa shape index (κ1) is 22.7. The SMILES string of the molecule is O=C(Nc1nn(Cc2ccc(Cl)cc2Cl)cc1Cl)c1ccc(COc2ccccc2Br)o1. The van der Waals surface area contributed by atoms with Crippen molar-refractivity contribution in [2.24, 2.45) is 0 Å². The van der Waals surface area contributed by atoms with Gasteiger partial charge in [-0.05, 0) is 57.9 Å². The maximum atomic E-state index is 12.6. The molecule has 0 saturated carbocycles. The summed E-state index contributed by atoms with van der Waals surface area (Å²) >= 11 is 21.8. The predicted molar refractivity (Wildman–Crippen MR) is 128 cm³/mol. The van der Waals surface area contributed by atoms with Gasteiger partial charge in [-0.1, -0.05) is 53.0 Å². The number of hydrogen-bond donors (Lipinski definition) is 1. The Bertz CT molecular complexity index is 1270. The molecule has 0 aliphatic carbocycles. The molecule has 0 radical (unpaired) electrons. The lowest BCUT2D eigenvalue weighted by molar-refractivity contribution is 0.0992. The van der Waals surface area contributed by atoms with Crippen molar-refractivity contribution in [3.8, 4) is 5.75 Å². The van der Waals surface area contributed by atoms with Gasteiger partial charge < -0.3 is 14.5 Å². The fraction of sp³-hybridized carbons (Fsp3) is 0.0909. The van der Waals surface area contributed by atoms with Gasteiger partial charge in [-0.25, -0.2) is 0 Å². The first-order chi connectivity index (χ1) is 15.4. The number of carbonyl (C=O) groups excluding carboxylic acids is 1. The third-order valence-electron chi connectivity index (χ3n) is 4.39. The van der Waals surface area contributed by atoms with Gasteiger partial charge in [-0.15, -0.1) is 0 Å². The highest BCUT2D eigenvalue weighted by Gasteiger charge is 2.16. The molecule has 164 valence electrons. The van der Waals surface area contributed by atoms with Crippen LogP contribution in [0, 0.1) is 0 Å². The van der Waals surface area contributed by atoms with Crippen molar-refractivity contribution in [3.63, 3.8) is 0 Å². The zero-order valence-electron chi connectivity index (χ0n) is 16.3. The van der Waals surface area contributed by atoms with Gasteiger partial charge in [-0.3, -0.25) is 9.48 Å². The molecule has 0 atom stereocenters. The summed E-state index contributed by atoms with van der Waals surface area (Å²) in [4.78, 5) is 12.6. The van der Waals surface area contributed by atoms with E-state index in [1.807, 2.05) is 24.3 Å². The molecule has 0 aliphatic heterocycles. The van der Waals surface area contributed by atoms with Crippen molar-refractivity contribution in [1.29, 1.82) is 0 Å². The van der Waals surface area contributed by atoms with Crippen LogP contribution in [-0.2, 0) is 13.2 Å². The number of hydrogen-bond acceptors (Lipinski definition) is 4. The summed E-state index contributed by atoms with van der Waals surface area (Å²) in [7, 11) is 0. The van der Waals surface area contributed by atoms with E-state index < -0.39 is 5.91 Å². The summed E-state index contributed by atoms with van der Waals surface area (Å²) in [5.74, 6) is 1.02. The van der Waals surface area contributed by atoms with E-state index in [0.717, 1.165) is 10.0 Å². The van der Waals surface area contributed by atoms with E-state index in [4.69, 9.17) is 44.0 Å². The summed E-state index contributed by atoms with van der Waals surface area (Å²) in [5.41, 5.74) is 0.814. The molecule has 6 nitrogen and oxygen atoms in total. The fourth-order valence-electron chi connectivity index (χ4n) is 2.84. The van der Waals surface area contributed by atoms with Crippen LogP contribution in [0.5, 0.6) is 5.75 Å². The Morgan fingerprint density at radius 3 is 2.69 bits per heavy atom. The van der Waals surface area contributed by atoms with E-state index in [0.29, 0.717) is 28.1 Å². The second-order valence-electron chi connectivity index (χ2n) is 6.70. The van der Waals surface area contributed by atoms with Crippen molar-refractivity contribution in [1.82, 2.24) is 9.78 Å². The van der Waals surface area contributed by atoms with Gasteiger partial charge in [-0.2, -0.15) is 5.10 Å². The van der Waals surface area contributed by atoms with Crippen LogP contribution in [0.1, 0.15) is 21.9 Å². The van der Waals surface area contributed by atoms with E-state index in [9.17, 15) is 4.79 Å². The second-order valence-corrected chi connectivity index (χ2v) is 8.80. The van der Waals surface area contributed by atoms with Crippen molar-refractivity contribution in [2.45, 2.75) is 13.2 Å². The molecular formula is C22H15BrCl3N3O3. The summed E-state index contributed by atoms with van der Waals surface area (Å²) in [6.45, 7) is 0.538. The Morgan fingerprint density at radius 2 is 1.91 bits per heavy atom. The smallest absolute Gasteiger partial charge is 0.292 e. The molecule has 0 aliphatic rings. The van der Waals surface area contributed by atoms with E-state index in [1.165, 1.54) is 0 Å². The predicted octanol–water partition coefficient (Wildman–Crippen LogP) is 7.08. The number of benzene rings is 2. The number of carbonyl (C=O) groups is 1. The highest BCUT2D eigenvalue weighted by molar-refractivity contribution is 9.10. The molecule has 0 spiro atoms. The fourth-order valence-corrected chi connectivity index (χ4v) is 3.91. The van der Waals surface area contributed by atoms with Gasteiger partial charge in [0.1, 0.15) is 23.1 Å². The first-order valence-corrected chi connectivity index (χ1v) is 11.3. The molecule has 0 bridgehead atoms. The highest BCUT2D eigenvalue weighted by atomic mass is 79.9. The number of nitrogens with zero attached hydrogens (tertiary/aromatic N) is 2. The van der Waals surface area contributed by atoms with Crippen LogP contribution in [0.25, 0.3) is 0 Å². The summed E-state index contributed by atoms with van der Waals surface area (Å²) in [5, 5.41) is 8.32. The van der Waals surface area contributed by atoms with Crippen LogP contribution in [0.15, 0.2) is 69.7 Å². The standard InChI is InChI=1S/C22H15BrCl3N3O3/c23-16-3-1-2-4-19(16)31-12-15-7-8-20(32-15)22(30)27-21-18(26)11-29(28-21)10-13-5-6-14(24)9-17(13)25/h1-9,11H,10,12H2,(H,27,28,30). The van der Waals surface area contributed by atoms with Gasteiger partial charge in [0.2, 0.25) is 0 Å². The molecule has 2 aromatic heterocycles.